The van der Waals surface area contributed by atoms with Gasteiger partial charge in [-0.15, -0.1) is 0 Å². The van der Waals surface area contributed by atoms with E-state index < -0.39 is 0 Å². The summed E-state index contributed by atoms with van der Waals surface area (Å²) in [5.74, 6) is 0.0578. The number of hydrogen-bond acceptors (Lipinski definition) is 2. The van der Waals surface area contributed by atoms with E-state index in [2.05, 4.69) is 24.5 Å². The molecule has 0 unspecified atom stereocenters. The summed E-state index contributed by atoms with van der Waals surface area (Å²) in [6.07, 6.45) is 0.506. The van der Waals surface area contributed by atoms with Crippen LogP contribution in [0.1, 0.15) is 25.8 Å². The molecule has 0 spiro atoms. The Morgan fingerprint density at radius 3 is 2.62 bits per heavy atom. The highest BCUT2D eigenvalue weighted by molar-refractivity contribution is 5.91. The molecule has 0 aliphatic carbocycles. The van der Waals surface area contributed by atoms with Gasteiger partial charge in [-0.3, -0.25) is 4.79 Å². The Kier molecular flexibility index (Phi) is 4.99. The number of hydrogen-bond donors (Lipinski definition) is 2. The molecule has 2 N–H and O–H groups in total. The molecule has 16 heavy (non-hydrogen) atoms. The van der Waals surface area contributed by atoms with Gasteiger partial charge in [-0.2, -0.15) is 0 Å². The number of rotatable bonds is 5. The van der Waals surface area contributed by atoms with Crippen molar-refractivity contribution in [1.29, 1.82) is 0 Å². The Morgan fingerprint density at radius 1 is 1.31 bits per heavy atom. The first kappa shape index (κ1) is 12.7. The number of benzene rings is 1. The Labute approximate surface area is 97.2 Å². The summed E-state index contributed by atoms with van der Waals surface area (Å²) < 4.78 is 0. The molecule has 0 saturated carbocycles. The number of aryl methyl sites for hydroxylation is 1. The summed E-state index contributed by atoms with van der Waals surface area (Å²) in [6, 6.07) is 8.22. The van der Waals surface area contributed by atoms with Gasteiger partial charge < -0.3 is 10.6 Å². The molecule has 0 aliphatic heterocycles. The van der Waals surface area contributed by atoms with Crippen molar-refractivity contribution in [2.45, 2.75) is 33.2 Å². The maximum Gasteiger partial charge on any atom is 0.225 e. The van der Waals surface area contributed by atoms with Gasteiger partial charge in [-0.05, 0) is 18.6 Å². The Bertz CT molecular complexity index is 348. The lowest BCUT2D eigenvalue weighted by molar-refractivity contribution is -0.116. The maximum absolute atomic E-state index is 11.6. The zero-order chi connectivity index (χ0) is 12.0. The molecule has 0 aliphatic rings. The van der Waals surface area contributed by atoms with E-state index in [1.165, 1.54) is 0 Å². The van der Waals surface area contributed by atoms with Crippen LogP contribution in [-0.4, -0.2) is 18.5 Å². The van der Waals surface area contributed by atoms with Crippen LogP contribution in [0.4, 0.5) is 5.69 Å². The van der Waals surface area contributed by atoms with Crippen molar-refractivity contribution in [3.05, 3.63) is 29.8 Å². The number of amides is 1. The van der Waals surface area contributed by atoms with Crippen LogP contribution < -0.4 is 10.6 Å². The minimum Gasteiger partial charge on any atom is -0.326 e. The fourth-order valence-electron chi connectivity index (χ4n) is 1.40. The van der Waals surface area contributed by atoms with Crippen LogP contribution in [0.3, 0.4) is 0 Å². The second-order valence-corrected chi connectivity index (χ2v) is 4.22. The van der Waals surface area contributed by atoms with E-state index in [0.717, 1.165) is 17.8 Å². The molecule has 3 nitrogen and oxygen atoms in total. The Hall–Kier alpha value is -1.35. The first-order chi connectivity index (χ1) is 7.59. The van der Waals surface area contributed by atoms with Gasteiger partial charge in [-0.25, -0.2) is 0 Å². The first-order valence-corrected chi connectivity index (χ1v) is 5.68. The van der Waals surface area contributed by atoms with Crippen LogP contribution in [0.15, 0.2) is 24.3 Å². The molecule has 0 saturated heterocycles. The summed E-state index contributed by atoms with van der Waals surface area (Å²) in [4.78, 5) is 11.6. The number of carbonyl (C=O) groups excluding carboxylic acids is 1. The third kappa shape index (κ3) is 4.45. The second-order valence-electron chi connectivity index (χ2n) is 4.22. The zero-order valence-electron chi connectivity index (χ0n) is 10.2. The van der Waals surface area contributed by atoms with Crippen molar-refractivity contribution in [2.24, 2.45) is 0 Å². The van der Waals surface area contributed by atoms with Crippen LogP contribution in [0, 0.1) is 6.92 Å². The Balaban J connectivity index is 2.37. The number of para-hydroxylation sites is 1. The Morgan fingerprint density at radius 2 is 2.00 bits per heavy atom. The fraction of sp³-hybridized carbons (Fsp3) is 0.462. The molecule has 0 bridgehead atoms. The average molecular weight is 220 g/mol. The summed E-state index contributed by atoms with van der Waals surface area (Å²) >= 11 is 0. The van der Waals surface area contributed by atoms with Crippen LogP contribution in [-0.2, 0) is 4.79 Å². The molecule has 1 rings (SSSR count). The van der Waals surface area contributed by atoms with Crippen LogP contribution in [0.2, 0.25) is 0 Å². The van der Waals surface area contributed by atoms with Crippen molar-refractivity contribution in [2.75, 3.05) is 11.9 Å². The summed E-state index contributed by atoms with van der Waals surface area (Å²) in [7, 11) is 0. The topological polar surface area (TPSA) is 41.1 Å². The van der Waals surface area contributed by atoms with E-state index in [-0.39, 0.29) is 5.91 Å². The SMILES string of the molecule is Cc1ccccc1NC(=O)CCNC(C)C. The molecular weight excluding hydrogens is 200 g/mol. The molecular formula is C13H20N2O. The van der Waals surface area contributed by atoms with Gasteiger partial charge in [-0.1, -0.05) is 32.0 Å². The highest BCUT2D eigenvalue weighted by Gasteiger charge is 2.03. The molecule has 3 heteroatoms. The molecule has 0 heterocycles. The molecule has 0 aromatic heterocycles. The minimum atomic E-state index is 0.0578. The molecule has 88 valence electrons. The van der Waals surface area contributed by atoms with E-state index in [0.29, 0.717) is 12.5 Å². The number of anilines is 1. The van der Waals surface area contributed by atoms with Gasteiger partial charge in [0.05, 0.1) is 0 Å². The van der Waals surface area contributed by atoms with Crippen molar-refractivity contribution in [3.63, 3.8) is 0 Å². The third-order valence-corrected chi connectivity index (χ3v) is 2.32. The lowest BCUT2D eigenvalue weighted by atomic mass is 10.2. The predicted molar refractivity (Wildman–Crippen MR) is 67.6 cm³/mol. The fourth-order valence-corrected chi connectivity index (χ4v) is 1.40. The minimum absolute atomic E-state index is 0.0578. The summed E-state index contributed by atoms with van der Waals surface area (Å²) in [5.41, 5.74) is 1.99. The standard InChI is InChI=1S/C13H20N2O/c1-10(2)14-9-8-13(16)15-12-7-5-4-6-11(12)3/h4-7,10,14H,8-9H2,1-3H3,(H,15,16). The van der Waals surface area contributed by atoms with E-state index in [1.54, 1.807) is 0 Å². The molecule has 0 atom stereocenters. The monoisotopic (exact) mass is 220 g/mol. The average Bonchev–Trinajstić information content (AvgIpc) is 2.21. The second kappa shape index (κ2) is 6.28. The summed E-state index contributed by atoms with van der Waals surface area (Å²) in [6.45, 7) is 6.84. The van der Waals surface area contributed by atoms with E-state index >= 15 is 0 Å². The molecule has 1 aromatic rings. The van der Waals surface area contributed by atoms with E-state index in [4.69, 9.17) is 0 Å². The number of carbonyl (C=O) groups is 1. The highest BCUT2D eigenvalue weighted by Crippen LogP contribution is 2.12. The largest absolute Gasteiger partial charge is 0.326 e. The van der Waals surface area contributed by atoms with Crippen molar-refractivity contribution >= 4 is 11.6 Å². The van der Waals surface area contributed by atoms with Gasteiger partial charge in [0.25, 0.3) is 0 Å². The van der Waals surface area contributed by atoms with Gasteiger partial charge in [0.2, 0.25) is 5.91 Å². The first-order valence-electron chi connectivity index (χ1n) is 5.68. The third-order valence-electron chi connectivity index (χ3n) is 2.32. The van der Waals surface area contributed by atoms with Gasteiger partial charge in [0.15, 0.2) is 0 Å². The van der Waals surface area contributed by atoms with Gasteiger partial charge in [0, 0.05) is 24.7 Å². The highest BCUT2D eigenvalue weighted by atomic mass is 16.1. The maximum atomic E-state index is 11.6. The van der Waals surface area contributed by atoms with E-state index in [9.17, 15) is 4.79 Å². The van der Waals surface area contributed by atoms with Crippen molar-refractivity contribution in [3.8, 4) is 0 Å². The zero-order valence-corrected chi connectivity index (χ0v) is 10.2. The van der Waals surface area contributed by atoms with Crippen molar-refractivity contribution in [1.82, 2.24) is 5.32 Å². The normalized spacial score (nSPS) is 10.5. The van der Waals surface area contributed by atoms with Gasteiger partial charge in [0.1, 0.15) is 0 Å². The quantitative estimate of drug-likeness (QED) is 0.799. The lowest BCUT2D eigenvalue weighted by Gasteiger charge is -2.09. The lowest BCUT2D eigenvalue weighted by Crippen LogP contribution is -2.27. The molecule has 0 fully saturated rings. The smallest absolute Gasteiger partial charge is 0.225 e. The number of nitrogens with one attached hydrogen (secondary N) is 2. The van der Waals surface area contributed by atoms with Crippen LogP contribution in [0.5, 0.6) is 0 Å². The molecule has 1 aromatic carbocycles. The van der Waals surface area contributed by atoms with Crippen molar-refractivity contribution < 1.29 is 4.79 Å². The molecule has 1 amide bonds. The van der Waals surface area contributed by atoms with Crippen LogP contribution >= 0.6 is 0 Å². The van der Waals surface area contributed by atoms with Crippen LogP contribution in [0.25, 0.3) is 0 Å². The van der Waals surface area contributed by atoms with Gasteiger partial charge >= 0.3 is 0 Å². The molecule has 0 radical (unpaired) electrons. The van der Waals surface area contributed by atoms with E-state index in [1.807, 2.05) is 31.2 Å². The predicted octanol–water partition coefficient (Wildman–Crippen LogP) is 2.32. The summed E-state index contributed by atoms with van der Waals surface area (Å²) in [5, 5.41) is 6.12.